The topological polar surface area (TPSA) is 93.5 Å². The lowest BCUT2D eigenvalue weighted by atomic mass is 10.2. The molecule has 0 aromatic heterocycles. The molecule has 0 heterocycles. The maximum absolute atomic E-state index is 11.4. The second-order valence-electron chi connectivity index (χ2n) is 4.07. The number of rotatable bonds is 7. The lowest BCUT2D eigenvalue weighted by molar-refractivity contribution is -0.119. The van der Waals surface area contributed by atoms with Crippen molar-refractivity contribution < 1.29 is 14.3 Å². The highest BCUT2D eigenvalue weighted by molar-refractivity contribution is 14.2. The molecule has 1 unspecified atom stereocenters. The highest BCUT2D eigenvalue weighted by Gasteiger charge is 2.06. The second-order valence-corrected chi connectivity index (χ2v) is 7.02. The standard InChI is InChI=1S/C14H20IN3O3/c1-17-13(19)12(16)15-8-5-9-18-14(20)21-10-11-6-3-2-4-7-11/h2-4,6-8,12H,5,9-10,16H2,1H3,(H,17,19)(H,18,20). The number of nitrogens with one attached hydrogen (secondary N) is 2. The van der Waals surface area contributed by atoms with Gasteiger partial charge in [-0.1, -0.05) is 55.1 Å². The van der Waals surface area contributed by atoms with E-state index < -0.39 is 30.9 Å². The molecule has 0 fully saturated rings. The van der Waals surface area contributed by atoms with Gasteiger partial charge in [0.25, 0.3) is 0 Å². The summed E-state index contributed by atoms with van der Waals surface area (Å²) in [6, 6.07) is 9.49. The number of carbonyl (C=O) groups is 2. The monoisotopic (exact) mass is 405 g/mol. The first-order valence-corrected chi connectivity index (χ1v) is 8.98. The van der Waals surface area contributed by atoms with Crippen molar-refractivity contribution in [2.45, 2.75) is 17.1 Å². The van der Waals surface area contributed by atoms with Crippen molar-refractivity contribution in [3.8, 4) is 0 Å². The molecule has 0 spiro atoms. The van der Waals surface area contributed by atoms with Gasteiger partial charge in [-0.05, 0) is 12.0 Å². The Labute approximate surface area is 134 Å². The number of benzene rings is 1. The van der Waals surface area contributed by atoms with Crippen molar-refractivity contribution in [3.05, 3.63) is 35.9 Å². The Bertz CT molecular complexity index is 480. The van der Waals surface area contributed by atoms with Crippen LogP contribution >= 0.6 is 20.7 Å². The van der Waals surface area contributed by atoms with Crippen LogP contribution in [0.2, 0.25) is 0 Å². The van der Waals surface area contributed by atoms with Crippen LogP contribution in [0.4, 0.5) is 4.79 Å². The summed E-state index contributed by atoms with van der Waals surface area (Å²) in [6.07, 6.45) is 0.236. The van der Waals surface area contributed by atoms with Crippen molar-refractivity contribution in [1.29, 1.82) is 0 Å². The first-order valence-electron chi connectivity index (χ1n) is 6.49. The number of likely N-dealkylation sites (N-methyl/N-ethyl adjacent to an activating group) is 1. The van der Waals surface area contributed by atoms with Gasteiger partial charge in [0.05, 0.1) is 0 Å². The predicted octanol–water partition coefficient (Wildman–Crippen LogP) is 1.11. The van der Waals surface area contributed by atoms with E-state index in [4.69, 9.17) is 10.5 Å². The Morgan fingerprint density at radius 1 is 1.38 bits per heavy atom. The summed E-state index contributed by atoms with van der Waals surface area (Å²) >= 11 is -0.513. The highest BCUT2D eigenvalue weighted by atomic mass is 127. The Morgan fingerprint density at radius 2 is 2.10 bits per heavy atom. The summed E-state index contributed by atoms with van der Waals surface area (Å²) in [5.74, 6) is -0.144. The zero-order valence-electron chi connectivity index (χ0n) is 11.8. The van der Waals surface area contributed by atoms with Crippen molar-refractivity contribution in [1.82, 2.24) is 10.6 Å². The lowest BCUT2D eigenvalue weighted by Gasteiger charge is -2.06. The minimum atomic E-state index is -0.513. The number of hydrogen-bond donors (Lipinski definition) is 3. The van der Waals surface area contributed by atoms with Crippen LogP contribution in [0.5, 0.6) is 0 Å². The predicted molar refractivity (Wildman–Crippen MR) is 91.4 cm³/mol. The molecule has 0 aliphatic rings. The fraction of sp³-hybridized carbons (Fsp3) is 0.357. The number of halogens is 1. The summed E-state index contributed by atoms with van der Waals surface area (Å²) < 4.78 is 6.62. The van der Waals surface area contributed by atoms with Crippen LogP contribution < -0.4 is 16.4 Å². The largest absolute Gasteiger partial charge is 0.445 e. The Kier molecular flexibility index (Phi) is 8.60. The molecule has 116 valence electrons. The van der Waals surface area contributed by atoms with E-state index in [1.807, 2.05) is 34.3 Å². The molecular weight excluding hydrogens is 385 g/mol. The van der Waals surface area contributed by atoms with Crippen LogP contribution in [0.25, 0.3) is 0 Å². The Morgan fingerprint density at radius 3 is 2.76 bits per heavy atom. The Balaban J connectivity index is 2.14. The molecule has 0 radical (unpaired) electrons. The number of hydrogen-bond acceptors (Lipinski definition) is 4. The molecule has 0 saturated carbocycles. The molecule has 6 nitrogen and oxygen atoms in total. The van der Waals surface area contributed by atoms with Gasteiger partial charge in [-0.2, -0.15) is 0 Å². The third kappa shape index (κ3) is 7.76. The van der Waals surface area contributed by atoms with Gasteiger partial charge < -0.3 is 21.1 Å². The van der Waals surface area contributed by atoms with Crippen molar-refractivity contribution in [3.63, 3.8) is 0 Å². The minimum Gasteiger partial charge on any atom is -0.445 e. The summed E-state index contributed by atoms with van der Waals surface area (Å²) in [5.41, 5.74) is 6.62. The molecular formula is C14H20IN3O3. The van der Waals surface area contributed by atoms with Gasteiger partial charge in [-0.3, -0.25) is 4.79 Å². The Hall–Kier alpha value is -1.48. The molecule has 4 N–H and O–H groups in total. The van der Waals surface area contributed by atoms with E-state index in [0.29, 0.717) is 13.0 Å². The van der Waals surface area contributed by atoms with Gasteiger partial charge in [0.2, 0.25) is 5.91 Å². The van der Waals surface area contributed by atoms with E-state index in [0.717, 1.165) is 5.56 Å². The fourth-order valence-corrected chi connectivity index (χ4v) is 3.21. The third-order valence-electron chi connectivity index (χ3n) is 2.46. The smallest absolute Gasteiger partial charge is 0.407 e. The van der Waals surface area contributed by atoms with E-state index in [-0.39, 0.29) is 12.5 Å². The van der Waals surface area contributed by atoms with Crippen molar-refractivity contribution in [2.75, 3.05) is 13.6 Å². The first-order chi connectivity index (χ1) is 10.1. The normalized spacial score (nSPS) is 12.3. The quantitative estimate of drug-likeness (QED) is 0.274. The number of ether oxygens (including phenoxy) is 1. The molecule has 0 bridgehead atoms. The van der Waals surface area contributed by atoms with Crippen LogP contribution in [-0.2, 0) is 16.1 Å². The van der Waals surface area contributed by atoms with E-state index in [1.165, 1.54) is 0 Å². The van der Waals surface area contributed by atoms with Crippen LogP contribution in [0.15, 0.2) is 30.3 Å². The molecule has 0 aliphatic carbocycles. The fourth-order valence-electron chi connectivity index (χ4n) is 1.36. The summed E-state index contributed by atoms with van der Waals surface area (Å²) in [5, 5.41) is 5.16. The number of alkyl halides is 1. The zero-order valence-corrected chi connectivity index (χ0v) is 14.0. The molecule has 1 rings (SSSR count). The highest BCUT2D eigenvalue weighted by Crippen LogP contribution is 2.02. The van der Waals surface area contributed by atoms with Gasteiger partial charge in [0.15, 0.2) is 0 Å². The summed E-state index contributed by atoms with van der Waals surface area (Å²) in [6.45, 7) is 0.735. The van der Waals surface area contributed by atoms with Crippen LogP contribution in [-0.4, -0.2) is 33.7 Å². The maximum Gasteiger partial charge on any atom is 0.407 e. The van der Waals surface area contributed by atoms with Gasteiger partial charge in [0.1, 0.15) is 10.7 Å². The van der Waals surface area contributed by atoms with Crippen LogP contribution in [0.1, 0.15) is 12.0 Å². The van der Waals surface area contributed by atoms with E-state index >= 15 is 0 Å². The average molecular weight is 405 g/mol. The van der Waals surface area contributed by atoms with Gasteiger partial charge in [0, 0.05) is 13.6 Å². The van der Waals surface area contributed by atoms with Crippen LogP contribution in [0, 0.1) is 0 Å². The third-order valence-corrected chi connectivity index (χ3v) is 4.93. The first kappa shape index (κ1) is 17.6. The number of alkyl carbamates (subject to hydrolysis) is 1. The van der Waals surface area contributed by atoms with Crippen molar-refractivity contribution in [2.24, 2.45) is 5.73 Å². The zero-order chi connectivity index (χ0) is 15.5. The van der Waals surface area contributed by atoms with Crippen molar-refractivity contribution >= 4 is 36.7 Å². The minimum absolute atomic E-state index is 0.144. The molecule has 21 heavy (non-hydrogen) atoms. The summed E-state index contributed by atoms with van der Waals surface area (Å²) in [7, 11) is 1.57. The lowest BCUT2D eigenvalue weighted by Crippen LogP contribution is -2.34. The number of nitrogens with two attached hydrogens (primary N) is 1. The van der Waals surface area contributed by atoms with Gasteiger partial charge in [-0.15, -0.1) is 0 Å². The second kappa shape index (κ2) is 10.3. The number of amides is 2. The average Bonchev–Trinajstić information content (AvgIpc) is 2.52. The van der Waals surface area contributed by atoms with E-state index in [1.54, 1.807) is 7.05 Å². The molecule has 0 aliphatic heterocycles. The molecule has 7 heteroatoms. The maximum atomic E-state index is 11.4. The molecule has 0 saturated heterocycles. The molecule has 1 atom stereocenters. The molecule has 2 amide bonds. The molecule has 1 aromatic carbocycles. The van der Waals surface area contributed by atoms with E-state index in [2.05, 4.69) is 10.6 Å². The summed E-state index contributed by atoms with van der Waals surface area (Å²) in [4.78, 5) is 22.6. The van der Waals surface area contributed by atoms with Gasteiger partial charge in [-0.25, -0.2) is 4.79 Å². The number of carbonyl (C=O) groups excluding carboxylic acids is 2. The molecule has 1 aromatic rings. The van der Waals surface area contributed by atoms with E-state index in [9.17, 15) is 9.59 Å². The van der Waals surface area contributed by atoms with Crippen LogP contribution in [0.3, 0.4) is 0 Å². The van der Waals surface area contributed by atoms with Gasteiger partial charge >= 0.3 is 6.09 Å². The SMILES string of the molecule is CNC(=O)C(N)I=CCCNC(=O)OCc1ccccc1.